The van der Waals surface area contributed by atoms with E-state index in [0.717, 1.165) is 39.7 Å². The summed E-state index contributed by atoms with van der Waals surface area (Å²) in [6.45, 7) is 8.05. The highest BCUT2D eigenvalue weighted by molar-refractivity contribution is 6.30. The highest BCUT2D eigenvalue weighted by atomic mass is 35.5. The van der Waals surface area contributed by atoms with Crippen LogP contribution in [0.2, 0.25) is 5.02 Å². The molecule has 0 saturated carbocycles. The summed E-state index contributed by atoms with van der Waals surface area (Å²) in [5, 5.41) is 5.25. The first-order chi connectivity index (χ1) is 15.8. The highest BCUT2D eigenvalue weighted by Crippen LogP contribution is 2.23. The minimum atomic E-state index is -0.0601. The van der Waals surface area contributed by atoms with Crippen LogP contribution in [0.25, 0.3) is 5.95 Å². The molecule has 4 aromatic rings. The first-order valence-corrected chi connectivity index (χ1v) is 11.0. The average Bonchev–Trinajstić information content (AvgIpc) is 3.06. The van der Waals surface area contributed by atoms with Crippen LogP contribution in [0.5, 0.6) is 0 Å². The number of amides is 1. The maximum absolute atomic E-state index is 13.6. The maximum Gasteiger partial charge on any atom is 0.251 e. The van der Waals surface area contributed by atoms with Crippen molar-refractivity contribution in [3.8, 4) is 5.95 Å². The van der Waals surface area contributed by atoms with Gasteiger partial charge >= 0.3 is 0 Å². The summed E-state index contributed by atoms with van der Waals surface area (Å²) in [4.78, 5) is 28.7. The van der Waals surface area contributed by atoms with Gasteiger partial charge < -0.3 is 4.90 Å². The molecular formula is C25H25ClN6O. The summed E-state index contributed by atoms with van der Waals surface area (Å²) in [5.41, 5.74) is 5.78. The van der Waals surface area contributed by atoms with Crippen LogP contribution >= 0.6 is 11.6 Å². The van der Waals surface area contributed by atoms with Crippen molar-refractivity contribution in [2.24, 2.45) is 0 Å². The van der Waals surface area contributed by atoms with Gasteiger partial charge in [-0.05, 0) is 70.2 Å². The van der Waals surface area contributed by atoms with E-state index in [4.69, 9.17) is 11.6 Å². The molecule has 3 aromatic heterocycles. The summed E-state index contributed by atoms with van der Waals surface area (Å²) < 4.78 is 1.71. The summed E-state index contributed by atoms with van der Waals surface area (Å²) in [5.74, 6) is 0.449. The van der Waals surface area contributed by atoms with Crippen LogP contribution in [0.1, 0.15) is 34.0 Å². The molecule has 0 atom stereocenters. The molecule has 0 saturated heterocycles. The Morgan fingerprint density at radius 3 is 2.33 bits per heavy atom. The van der Waals surface area contributed by atoms with Crippen LogP contribution < -0.4 is 4.90 Å². The molecule has 33 heavy (non-hydrogen) atoms. The van der Waals surface area contributed by atoms with Gasteiger partial charge in [-0.1, -0.05) is 17.7 Å². The number of anilines is 1. The van der Waals surface area contributed by atoms with E-state index in [0.29, 0.717) is 17.5 Å². The van der Waals surface area contributed by atoms with Gasteiger partial charge in [-0.3, -0.25) is 9.78 Å². The Kier molecular flexibility index (Phi) is 6.51. The largest absolute Gasteiger partial charge is 0.306 e. The number of carbonyl (C=O) groups excluding carboxylic acids is 1. The zero-order valence-corrected chi connectivity index (χ0v) is 19.8. The Bertz CT molecular complexity index is 1260. The molecule has 0 fully saturated rings. The van der Waals surface area contributed by atoms with Crippen LogP contribution in [0.4, 0.5) is 5.69 Å². The van der Waals surface area contributed by atoms with Crippen molar-refractivity contribution in [3.63, 3.8) is 0 Å². The number of pyridine rings is 1. The second-order valence-electron chi connectivity index (χ2n) is 7.97. The van der Waals surface area contributed by atoms with E-state index in [-0.39, 0.29) is 12.3 Å². The zero-order chi connectivity index (χ0) is 23.5. The lowest BCUT2D eigenvalue weighted by molar-refractivity contribution is -0.118. The lowest BCUT2D eigenvalue weighted by atomic mass is 10.1. The Morgan fingerprint density at radius 2 is 1.70 bits per heavy atom. The van der Waals surface area contributed by atoms with Crippen molar-refractivity contribution in [2.75, 3.05) is 4.90 Å². The number of aryl methyl sites for hydroxylation is 3. The van der Waals surface area contributed by atoms with Crippen LogP contribution in [0.15, 0.2) is 54.7 Å². The van der Waals surface area contributed by atoms with E-state index < -0.39 is 0 Å². The van der Waals surface area contributed by atoms with Gasteiger partial charge in [0, 0.05) is 39.6 Å². The quantitative estimate of drug-likeness (QED) is 0.416. The molecule has 7 nitrogen and oxygen atoms in total. The van der Waals surface area contributed by atoms with Crippen molar-refractivity contribution in [1.29, 1.82) is 0 Å². The van der Waals surface area contributed by atoms with E-state index in [1.165, 1.54) is 0 Å². The minimum Gasteiger partial charge on any atom is -0.306 e. The third-order valence-electron chi connectivity index (χ3n) is 5.41. The normalized spacial score (nSPS) is 10.9. The second-order valence-corrected chi connectivity index (χ2v) is 8.40. The van der Waals surface area contributed by atoms with Crippen molar-refractivity contribution in [1.82, 2.24) is 24.7 Å². The fraction of sp³-hybridized carbons (Fsp3) is 0.240. The van der Waals surface area contributed by atoms with Crippen molar-refractivity contribution >= 4 is 23.2 Å². The van der Waals surface area contributed by atoms with Crippen molar-refractivity contribution in [3.05, 3.63) is 93.8 Å². The average molecular weight is 461 g/mol. The van der Waals surface area contributed by atoms with Crippen LogP contribution in [0, 0.1) is 27.7 Å². The molecule has 8 heteroatoms. The highest BCUT2D eigenvalue weighted by Gasteiger charge is 2.22. The van der Waals surface area contributed by atoms with E-state index >= 15 is 0 Å². The van der Waals surface area contributed by atoms with Gasteiger partial charge in [-0.15, -0.1) is 0 Å². The summed E-state index contributed by atoms with van der Waals surface area (Å²) in [6, 6.07) is 14.8. The SMILES string of the molecule is Cc1cc(C)nc(-n2nc(C)c(CC(=O)N(Cc3ccccn3)c3ccc(Cl)cc3)c2C)n1. The van der Waals surface area contributed by atoms with Gasteiger partial charge in [0.1, 0.15) is 0 Å². The summed E-state index contributed by atoms with van der Waals surface area (Å²) >= 11 is 6.07. The molecule has 0 aliphatic heterocycles. The van der Waals surface area contributed by atoms with Crippen molar-refractivity contribution < 1.29 is 4.79 Å². The number of halogens is 1. The minimum absolute atomic E-state index is 0.0601. The van der Waals surface area contributed by atoms with Gasteiger partial charge in [0.15, 0.2) is 0 Å². The number of aromatic nitrogens is 5. The predicted molar refractivity (Wildman–Crippen MR) is 129 cm³/mol. The predicted octanol–water partition coefficient (Wildman–Crippen LogP) is 4.72. The van der Waals surface area contributed by atoms with Crippen LogP contribution in [0.3, 0.4) is 0 Å². The Hall–Kier alpha value is -3.58. The molecule has 0 N–H and O–H groups in total. The molecule has 1 aromatic carbocycles. The van der Waals surface area contributed by atoms with E-state index in [9.17, 15) is 4.79 Å². The number of rotatable bonds is 6. The first kappa shape index (κ1) is 22.6. The standard InChI is InChI=1S/C25H25ClN6O/c1-16-13-17(2)29-25(28-16)32-19(4)23(18(3)30-32)14-24(33)31(15-21-7-5-6-12-27-21)22-10-8-20(26)9-11-22/h5-13H,14-15H2,1-4H3. The summed E-state index contributed by atoms with van der Waals surface area (Å²) in [6.07, 6.45) is 1.92. The topological polar surface area (TPSA) is 76.8 Å². The smallest absolute Gasteiger partial charge is 0.251 e. The molecular weight excluding hydrogens is 436 g/mol. The van der Waals surface area contributed by atoms with E-state index in [2.05, 4.69) is 20.1 Å². The Morgan fingerprint density at radius 1 is 1.00 bits per heavy atom. The Labute approximate surface area is 198 Å². The molecule has 0 bridgehead atoms. The van der Waals surface area contributed by atoms with Gasteiger partial charge in [0.05, 0.1) is 24.4 Å². The van der Waals surface area contributed by atoms with Crippen LogP contribution in [-0.2, 0) is 17.8 Å². The maximum atomic E-state index is 13.6. The fourth-order valence-electron chi connectivity index (χ4n) is 3.77. The first-order valence-electron chi connectivity index (χ1n) is 10.7. The number of hydrogen-bond acceptors (Lipinski definition) is 5. The molecule has 0 spiro atoms. The third kappa shape index (κ3) is 5.09. The molecule has 168 valence electrons. The third-order valence-corrected chi connectivity index (χ3v) is 5.67. The monoisotopic (exact) mass is 460 g/mol. The van der Waals surface area contributed by atoms with Gasteiger partial charge in [0.25, 0.3) is 5.95 Å². The van der Waals surface area contributed by atoms with E-state index in [1.807, 2.05) is 64.1 Å². The lowest BCUT2D eigenvalue weighted by Gasteiger charge is -2.23. The van der Waals surface area contributed by atoms with Gasteiger partial charge in [-0.25, -0.2) is 14.6 Å². The molecule has 1 amide bonds. The molecule has 0 radical (unpaired) electrons. The molecule has 0 aliphatic carbocycles. The molecule has 0 aliphatic rings. The number of carbonyl (C=O) groups is 1. The van der Waals surface area contributed by atoms with Gasteiger partial charge in [0.2, 0.25) is 5.91 Å². The molecule has 0 unspecified atom stereocenters. The number of nitrogens with zero attached hydrogens (tertiary/aromatic N) is 6. The van der Waals surface area contributed by atoms with Crippen LogP contribution in [-0.4, -0.2) is 30.6 Å². The second kappa shape index (κ2) is 9.50. The molecule has 3 heterocycles. The lowest BCUT2D eigenvalue weighted by Crippen LogP contribution is -2.32. The number of hydrogen-bond donors (Lipinski definition) is 0. The Balaban J connectivity index is 1.66. The van der Waals surface area contributed by atoms with Crippen molar-refractivity contribution in [2.45, 2.75) is 40.7 Å². The summed E-state index contributed by atoms with van der Waals surface area (Å²) in [7, 11) is 0. The van der Waals surface area contributed by atoms with E-state index in [1.54, 1.807) is 27.9 Å². The zero-order valence-electron chi connectivity index (χ0n) is 19.1. The molecule has 4 rings (SSSR count). The number of benzene rings is 1. The van der Waals surface area contributed by atoms with Gasteiger partial charge in [-0.2, -0.15) is 5.10 Å². The fourth-order valence-corrected chi connectivity index (χ4v) is 3.90.